The molecule has 3 rings (SSSR count). The van der Waals surface area contributed by atoms with E-state index in [0.717, 1.165) is 42.8 Å². The zero-order chi connectivity index (χ0) is 17.1. The molecular weight excluding hydrogens is 326 g/mol. The lowest BCUT2D eigenvalue weighted by atomic mass is 10.2. The molecule has 0 radical (unpaired) electrons. The second-order valence-corrected chi connectivity index (χ2v) is 7.29. The highest BCUT2D eigenvalue weighted by atomic mass is 32.1. The first kappa shape index (κ1) is 17.1. The van der Waals surface area contributed by atoms with Gasteiger partial charge in [0.1, 0.15) is 0 Å². The molecule has 2 aromatic heterocycles. The molecule has 0 amide bonds. The highest BCUT2D eigenvalue weighted by Crippen LogP contribution is 2.18. The van der Waals surface area contributed by atoms with Gasteiger partial charge >= 0.3 is 5.69 Å². The molecule has 0 bridgehead atoms. The number of rotatable bonds is 6. The number of ether oxygens (including phenoxy) is 1. The van der Waals surface area contributed by atoms with Crippen molar-refractivity contribution < 1.29 is 4.74 Å². The van der Waals surface area contributed by atoms with E-state index in [2.05, 4.69) is 16.3 Å². The van der Waals surface area contributed by atoms with Crippen molar-refractivity contribution in [1.29, 1.82) is 0 Å². The highest BCUT2D eigenvalue weighted by molar-refractivity contribution is 7.09. The van der Waals surface area contributed by atoms with Crippen molar-refractivity contribution >= 4 is 11.3 Å². The summed E-state index contributed by atoms with van der Waals surface area (Å²) >= 11 is 1.72. The quantitative estimate of drug-likeness (QED) is 0.789. The summed E-state index contributed by atoms with van der Waals surface area (Å²) in [6, 6.07) is 5.70. The first-order valence-electron chi connectivity index (χ1n) is 8.17. The average molecular weight is 349 g/mol. The Morgan fingerprint density at radius 3 is 2.79 bits per heavy atom. The molecule has 7 heteroatoms. The molecule has 130 valence electrons. The smallest absolute Gasteiger partial charge is 0.330 e. The van der Waals surface area contributed by atoms with E-state index >= 15 is 0 Å². The van der Waals surface area contributed by atoms with Crippen molar-refractivity contribution in [2.45, 2.75) is 32.0 Å². The van der Waals surface area contributed by atoms with Crippen LogP contribution in [0.5, 0.6) is 0 Å². The molecule has 0 unspecified atom stereocenters. The van der Waals surface area contributed by atoms with Crippen LogP contribution in [0.25, 0.3) is 0 Å². The van der Waals surface area contributed by atoms with E-state index in [-0.39, 0.29) is 17.4 Å². The summed E-state index contributed by atoms with van der Waals surface area (Å²) in [4.78, 5) is 27.6. The lowest BCUT2D eigenvalue weighted by molar-refractivity contribution is 0.0673. The molecule has 2 aromatic rings. The lowest BCUT2D eigenvalue weighted by Gasteiger charge is -2.25. The van der Waals surface area contributed by atoms with E-state index in [1.807, 2.05) is 6.07 Å². The van der Waals surface area contributed by atoms with Gasteiger partial charge in [-0.2, -0.15) is 0 Å². The number of hydrogen-bond donors (Lipinski definition) is 0. The Hall–Kier alpha value is -1.70. The van der Waals surface area contributed by atoms with E-state index in [0.29, 0.717) is 6.54 Å². The molecule has 0 aliphatic carbocycles. The van der Waals surface area contributed by atoms with Crippen molar-refractivity contribution in [2.24, 2.45) is 14.1 Å². The van der Waals surface area contributed by atoms with Crippen molar-refractivity contribution in [2.75, 3.05) is 13.2 Å². The van der Waals surface area contributed by atoms with E-state index in [4.69, 9.17) is 4.74 Å². The third kappa shape index (κ3) is 3.85. The maximum Gasteiger partial charge on any atom is 0.330 e. The molecule has 6 nitrogen and oxygen atoms in total. The number of nitrogens with zero attached hydrogens (tertiary/aromatic N) is 3. The summed E-state index contributed by atoms with van der Waals surface area (Å²) in [7, 11) is 3.22. The molecule has 24 heavy (non-hydrogen) atoms. The fourth-order valence-electron chi connectivity index (χ4n) is 3.04. The van der Waals surface area contributed by atoms with Crippen molar-refractivity contribution in [3.8, 4) is 0 Å². The molecule has 1 aliphatic rings. The van der Waals surface area contributed by atoms with E-state index < -0.39 is 0 Å². The Kier molecular flexibility index (Phi) is 5.33. The van der Waals surface area contributed by atoms with Crippen LogP contribution in [-0.4, -0.2) is 33.3 Å². The van der Waals surface area contributed by atoms with Crippen LogP contribution < -0.4 is 11.2 Å². The minimum Gasteiger partial charge on any atom is -0.377 e. The molecule has 1 fully saturated rings. The molecular formula is C17H23N3O3S. The van der Waals surface area contributed by atoms with E-state index in [9.17, 15) is 9.59 Å². The second kappa shape index (κ2) is 7.46. The molecule has 0 spiro atoms. The van der Waals surface area contributed by atoms with Gasteiger partial charge in [-0.15, -0.1) is 11.3 Å². The summed E-state index contributed by atoms with van der Waals surface area (Å²) in [6.07, 6.45) is 2.40. The van der Waals surface area contributed by atoms with Crippen molar-refractivity contribution in [3.05, 3.63) is 55.0 Å². The van der Waals surface area contributed by atoms with Gasteiger partial charge in [0.2, 0.25) is 0 Å². The van der Waals surface area contributed by atoms with Crippen LogP contribution in [0.4, 0.5) is 0 Å². The van der Waals surface area contributed by atoms with Crippen LogP contribution in [0.2, 0.25) is 0 Å². The molecule has 1 aliphatic heterocycles. The Morgan fingerprint density at radius 1 is 1.29 bits per heavy atom. The van der Waals surface area contributed by atoms with Gasteiger partial charge in [0.15, 0.2) is 0 Å². The van der Waals surface area contributed by atoms with Crippen molar-refractivity contribution in [1.82, 2.24) is 14.0 Å². The number of hydrogen-bond acceptors (Lipinski definition) is 5. The highest BCUT2D eigenvalue weighted by Gasteiger charge is 2.21. The molecule has 1 atom stereocenters. The number of aromatic nitrogens is 2. The third-order valence-corrected chi connectivity index (χ3v) is 5.32. The van der Waals surface area contributed by atoms with Gasteiger partial charge in [0.05, 0.1) is 6.10 Å². The summed E-state index contributed by atoms with van der Waals surface area (Å²) in [5, 5.41) is 2.06. The minimum atomic E-state index is -0.286. The van der Waals surface area contributed by atoms with Crippen LogP contribution in [0, 0.1) is 0 Å². The normalized spacial score (nSPS) is 17.7. The minimum absolute atomic E-state index is 0.230. The van der Waals surface area contributed by atoms with Gasteiger partial charge < -0.3 is 4.74 Å². The summed E-state index contributed by atoms with van der Waals surface area (Å²) in [5.74, 6) is 0. The second-order valence-electron chi connectivity index (χ2n) is 6.26. The molecule has 1 saturated heterocycles. The monoisotopic (exact) mass is 349 g/mol. The van der Waals surface area contributed by atoms with E-state index in [1.165, 1.54) is 11.9 Å². The average Bonchev–Trinajstić information content (AvgIpc) is 3.24. The molecule has 0 aromatic carbocycles. The predicted molar refractivity (Wildman–Crippen MR) is 94.3 cm³/mol. The maximum atomic E-state index is 12.1. The Labute approximate surface area is 144 Å². The zero-order valence-electron chi connectivity index (χ0n) is 14.1. The van der Waals surface area contributed by atoms with Crippen LogP contribution in [0.15, 0.2) is 33.2 Å². The van der Waals surface area contributed by atoms with Gasteiger partial charge in [0.25, 0.3) is 5.56 Å². The van der Waals surface area contributed by atoms with E-state index in [1.54, 1.807) is 29.0 Å². The summed E-state index contributed by atoms with van der Waals surface area (Å²) in [5.41, 5.74) is 0.185. The maximum absolute atomic E-state index is 12.1. The third-order valence-electron chi connectivity index (χ3n) is 4.46. The predicted octanol–water partition coefficient (Wildman–Crippen LogP) is 1.33. The van der Waals surface area contributed by atoms with Gasteiger partial charge in [-0.1, -0.05) is 6.07 Å². The largest absolute Gasteiger partial charge is 0.377 e. The summed E-state index contributed by atoms with van der Waals surface area (Å²) < 4.78 is 8.45. The van der Waals surface area contributed by atoms with Crippen LogP contribution in [0.3, 0.4) is 0 Å². The van der Waals surface area contributed by atoms with Gasteiger partial charge in [-0.3, -0.25) is 18.8 Å². The number of thiophene rings is 1. The molecule has 0 saturated carbocycles. The van der Waals surface area contributed by atoms with Gasteiger partial charge in [-0.05, 0) is 24.3 Å². The van der Waals surface area contributed by atoms with Crippen LogP contribution in [-0.2, 0) is 31.9 Å². The SMILES string of the molecule is Cn1c(CN(Cc2cccs2)C[C@@H]2CCCO2)cc(=O)n(C)c1=O. The molecule has 0 N–H and O–H groups in total. The van der Waals surface area contributed by atoms with Gasteiger partial charge in [-0.25, -0.2) is 4.79 Å². The Morgan fingerprint density at radius 2 is 2.12 bits per heavy atom. The van der Waals surface area contributed by atoms with Crippen LogP contribution in [0.1, 0.15) is 23.4 Å². The Bertz CT molecular complexity index is 788. The first-order chi connectivity index (χ1) is 11.5. The van der Waals surface area contributed by atoms with Crippen molar-refractivity contribution in [3.63, 3.8) is 0 Å². The lowest BCUT2D eigenvalue weighted by Crippen LogP contribution is -2.40. The molecule has 3 heterocycles. The first-order valence-corrected chi connectivity index (χ1v) is 9.05. The fourth-order valence-corrected chi connectivity index (χ4v) is 3.79. The summed E-state index contributed by atoms with van der Waals surface area (Å²) in [6.45, 7) is 2.98. The topological polar surface area (TPSA) is 56.5 Å². The van der Waals surface area contributed by atoms with Crippen LogP contribution >= 0.6 is 11.3 Å². The Balaban J connectivity index is 1.82. The standard InChI is InChI=1S/C17H23N3O3S/c1-18-13(9-16(21)19(2)17(18)22)10-20(11-14-5-3-7-23-14)12-15-6-4-8-24-15/h4,6,8-9,14H,3,5,7,10-12H2,1-2H3/t14-/m0/s1. The van der Waals surface area contributed by atoms with Gasteiger partial charge in [0, 0.05) is 57.0 Å². The zero-order valence-corrected chi connectivity index (χ0v) is 14.9. The fraction of sp³-hybridized carbons (Fsp3) is 0.529.